The molecule has 32 heavy (non-hydrogen) atoms. The molecule has 0 aliphatic rings. The Morgan fingerprint density at radius 1 is 1.03 bits per heavy atom. The fourth-order valence-corrected chi connectivity index (χ4v) is 4.30. The number of aryl methyl sites for hydroxylation is 1. The summed E-state index contributed by atoms with van der Waals surface area (Å²) in [6.07, 6.45) is 1.43. The molecule has 0 bridgehead atoms. The number of amides is 2. The number of likely N-dealkylation sites (N-methyl/N-ethyl adjacent to an activating group) is 1. The first kappa shape index (κ1) is 25.7. The number of nitrogens with zero attached hydrogens (tertiary/aromatic N) is 2. The van der Waals surface area contributed by atoms with Crippen LogP contribution in [0.25, 0.3) is 0 Å². The first-order valence-electron chi connectivity index (χ1n) is 10.4. The highest BCUT2D eigenvalue weighted by atomic mass is 35.5. The van der Waals surface area contributed by atoms with Crippen molar-refractivity contribution in [1.82, 2.24) is 10.2 Å². The Morgan fingerprint density at radius 3 is 2.12 bits per heavy atom. The summed E-state index contributed by atoms with van der Waals surface area (Å²) in [5, 5.41) is 3.22. The van der Waals surface area contributed by atoms with Gasteiger partial charge in [-0.25, -0.2) is 8.42 Å². The van der Waals surface area contributed by atoms with Gasteiger partial charge in [-0.05, 0) is 50.1 Å². The summed E-state index contributed by atoms with van der Waals surface area (Å²) < 4.78 is 26.0. The largest absolute Gasteiger partial charge is 0.355 e. The Balaban J connectivity index is 2.40. The molecular weight excluding hydrogens is 450 g/mol. The lowest BCUT2D eigenvalue weighted by Gasteiger charge is -2.32. The number of benzene rings is 2. The van der Waals surface area contributed by atoms with Crippen molar-refractivity contribution in [3.05, 3.63) is 64.7 Å². The van der Waals surface area contributed by atoms with E-state index in [2.05, 4.69) is 5.32 Å². The monoisotopic (exact) mass is 479 g/mol. The van der Waals surface area contributed by atoms with Crippen LogP contribution in [-0.4, -0.2) is 50.5 Å². The molecule has 174 valence electrons. The molecule has 1 atom stereocenters. The summed E-state index contributed by atoms with van der Waals surface area (Å²) in [6, 6.07) is 13.1. The van der Waals surface area contributed by atoms with Gasteiger partial charge in [0.15, 0.2) is 0 Å². The molecule has 0 saturated heterocycles. The molecule has 0 spiro atoms. The van der Waals surface area contributed by atoms with Crippen LogP contribution in [0.1, 0.15) is 31.4 Å². The van der Waals surface area contributed by atoms with Gasteiger partial charge in [-0.2, -0.15) is 0 Å². The minimum absolute atomic E-state index is 0.187. The number of carbonyl (C=O) groups is 2. The normalized spacial score (nSPS) is 12.2. The van der Waals surface area contributed by atoms with Crippen LogP contribution in [0.15, 0.2) is 48.5 Å². The molecule has 0 radical (unpaired) electrons. The van der Waals surface area contributed by atoms with E-state index in [9.17, 15) is 18.0 Å². The van der Waals surface area contributed by atoms with Gasteiger partial charge in [0.25, 0.3) is 0 Å². The van der Waals surface area contributed by atoms with Crippen molar-refractivity contribution < 1.29 is 18.0 Å². The van der Waals surface area contributed by atoms with Gasteiger partial charge >= 0.3 is 0 Å². The van der Waals surface area contributed by atoms with Crippen molar-refractivity contribution in [2.24, 2.45) is 0 Å². The average molecular weight is 480 g/mol. The molecule has 2 rings (SSSR count). The van der Waals surface area contributed by atoms with E-state index in [1.807, 2.05) is 45.0 Å². The van der Waals surface area contributed by atoms with Gasteiger partial charge in [-0.1, -0.05) is 48.4 Å². The second kappa shape index (κ2) is 11.3. The Labute approximate surface area is 195 Å². The van der Waals surface area contributed by atoms with Crippen LogP contribution < -0.4 is 9.62 Å². The van der Waals surface area contributed by atoms with Crippen molar-refractivity contribution in [3.8, 4) is 0 Å². The molecule has 0 saturated carbocycles. The van der Waals surface area contributed by atoms with E-state index in [0.717, 1.165) is 21.7 Å². The molecule has 0 aliphatic heterocycles. The molecule has 2 amide bonds. The summed E-state index contributed by atoms with van der Waals surface area (Å²) in [4.78, 5) is 27.6. The lowest BCUT2D eigenvalue weighted by atomic mass is 10.1. The van der Waals surface area contributed by atoms with Crippen molar-refractivity contribution in [2.75, 3.05) is 23.7 Å². The molecule has 1 N–H and O–H groups in total. The Kier molecular flexibility index (Phi) is 9.09. The van der Waals surface area contributed by atoms with E-state index in [1.54, 1.807) is 24.3 Å². The maximum Gasteiger partial charge on any atom is 0.244 e. The molecule has 7 nitrogen and oxygen atoms in total. The molecule has 0 aromatic heterocycles. The number of anilines is 1. The fraction of sp³-hybridized carbons (Fsp3) is 0.391. The van der Waals surface area contributed by atoms with Crippen molar-refractivity contribution in [2.45, 2.75) is 39.8 Å². The quantitative estimate of drug-likeness (QED) is 0.566. The number of halogens is 1. The molecule has 2 aromatic carbocycles. The standard InChI is InChI=1S/C23H30ClN3O4S/c1-5-21(23(29)25-6-2)26(15-18-9-7-17(3)8-10-18)22(28)16-27(32(4,30)31)20-13-11-19(24)12-14-20/h7-14,21H,5-6,15-16H2,1-4H3,(H,25,29). The van der Waals surface area contributed by atoms with Gasteiger partial charge in [0, 0.05) is 18.1 Å². The van der Waals surface area contributed by atoms with Gasteiger partial charge in [0.2, 0.25) is 21.8 Å². The third-order valence-electron chi connectivity index (χ3n) is 5.00. The van der Waals surface area contributed by atoms with E-state index in [4.69, 9.17) is 11.6 Å². The van der Waals surface area contributed by atoms with E-state index in [0.29, 0.717) is 23.7 Å². The molecule has 2 aromatic rings. The number of carbonyl (C=O) groups excluding carboxylic acids is 2. The predicted octanol–water partition coefficient (Wildman–Crippen LogP) is 3.36. The van der Waals surface area contributed by atoms with Crippen LogP contribution in [0, 0.1) is 6.92 Å². The number of sulfonamides is 1. The van der Waals surface area contributed by atoms with Crippen molar-refractivity contribution in [1.29, 1.82) is 0 Å². The predicted molar refractivity (Wildman–Crippen MR) is 128 cm³/mol. The first-order chi connectivity index (χ1) is 15.1. The highest BCUT2D eigenvalue weighted by Crippen LogP contribution is 2.22. The number of hydrogen-bond acceptors (Lipinski definition) is 4. The van der Waals surface area contributed by atoms with E-state index < -0.39 is 28.5 Å². The van der Waals surface area contributed by atoms with Crippen LogP contribution in [-0.2, 0) is 26.2 Å². The lowest BCUT2D eigenvalue weighted by Crippen LogP contribution is -2.52. The molecule has 0 heterocycles. The first-order valence-corrected chi connectivity index (χ1v) is 12.7. The Hall–Kier alpha value is -2.58. The molecule has 9 heteroatoms. The number of nitrogens with one attached hydrogen (secondary N) is 1. The Bertz CT molecular complexity index is 1020. The highest BCUT2D eigenvalue weighted by molar-refractivity contribution is 7.92. The third-order valence-corrected chi connectivity index (χ3v) is 6.40. The second-order valence-corrected chi connectivity index (χ2v) is 9.92. The van der Waals surface area contributed by atoms with E-state index >= 15 is 0 Å². The summed E-state index contributed by atoms with van der Waals surface area (Å²) in [7, 11) is -3.76. The number of rotatable bonds is 10. The smallest absolute Gasteiger partial charge is 0.244 e. The Morgan fingerprint density at radius 2 is 1.62 bits per heavy atom. The van der Waals surface area contributed by atoms with E-state index in [-0.39, 0.29) is 12.5 Å². The minimum Gasteiger partial charge on any atom is -0.355 e. The zero-order valence-electron chi connectivity index (χ0n) is 18.8. The van der Waals surface area contributed by atoms with Gasteiger partial charge in [0.1, 0.15) is 12.6 Å². The van der Waals surface area contributed by atoms with Gasteiger partial charge < -0.3 is 10.2 Å². The molecule has 0 fully saturated rings. The SMILES string of the molecule is CCNC(=O)C(CC)N(Cc1ccc(C)cc1)C(=O)CN(c1ccc(Cl)cc1)S(C)(=O)=O. The lowest BCUT2D eigenvalue weighted by molar-refractivity contribution is -0.140. The zero-order valence-corrected chi connectivity index (χ0v) is 20.4. The highest BCUT2D eigenvalue weighted by Gasteiger charge is 2.31. The second-order valence-electron chi connectivity index (χ2n) is 7.57. The zero-order chi connectivity index (χ0) is 23.9. The number of hydrogen-bond donors (Lipinski definition) is 1. The van der Waals surface area contributed by atoms with Crippen LogP contribution in [0.4, 0.5) is 5.69 Å². The molecule has 0 aliphatic carbocycles. The van der Waals surface area contributed by atoms with Crippen LogP contribution in [0.2, 0.25) is 5.02 Å². The summed E-state index contributed by atoms with van der Waals surface area (Å²) in [6.45, 7) is 5.79. The topological polar surface area (TPSA) is 86.8 Å². The molecule has 1 unspecified atom stereocenters. The van der Waals surface area contributed by atoms with Crippen LogP contribution in [0.3, 0.4) is 0 Å². The summed E-state index contributed by atoms with van der Waals surface area (Å²) in [5.74, 6) is -0.739. The van der Waals surface area contributed by atoms with Crippen LogP contribution >= 0.6 is 11.6 Å². The van der Waals surface area contributed by atoms with Crippen molar-refractivity contribution in [3.63, 3.8) is 0 Å². The van der Waals surface area contributed by atoms with Crippen molar-refractivity contribution >= 4 is 39.1 Å². The maximum atomic E-state index is 13.4. The van der Waals surface area contributed by atoms with Crippen LogP contribution in [0.5, 0.6) is 0 Å². The van der Waals surface area contributed by atoms with Gasteiger partial charge in [-0.3, -0.25) is 13.9 Å². The minimum atomic E-state index is -3.76. The molecular formula is C23H30ClN3O4S. The van der Waals surface area contributed by atoms with E-state index in [1.165, 1.54) is 4.90 Å². The average Bonchev–Trinajstić information content (AvgIpc) is 2.73. The summed E-state index contributed by atoms with van der Waals surface area (Å²) in [5.41, 5.74) is 2.25. The fourth-order valence-electron chi connectivity index (χ4n) is 3.32. The maximum absolute atomic E-state index is 13.4. The van der Waals surface area contributed by atoms with Gasteiger partial charge in [0.05, 0.1) is 11.9 Å². The summed E-state index contributed by atoms with van der Waals surface area (Å²) >= 11 is 5.93. The third kappa shape index (κ3) is 6.97. The van der Waals surface area contributed by atoms with Gasteiger partial charge in [-0.15, -0.1) is 0 Å².